The Labute approximate surface area is 97.8 Å². The summed E-state index contributed by atoms with van der Waals surface area (Å²) in [5.41, 5.74) is 1.08. The van der Waals surface area contributed by atoms with E-state index in [-0.39, 0.29) is 18.9 Å². The summed E-state index contributed by atoms with van der Waals surface area (Å²) in [5, 5.41) is 2.61. The molecule has 1 aromatic carbocycles. The van der Waals surface area contributed by atoms with Crippen molar-refractivity contribution in [1.29, 1.82) is 0 Å². The van der Waals surface area contributed by atoms with Gasteiger partial charge in [-0.1, -0.05) is 0 Å². The Morgan fingerprint density at radius 2 is 2.29 bits per heavy atom. The molecule has 1 amide bonds. The molecular weight excluding hydrogens is 225 g/mol. The molecule has 0 aliphatic carbocycles. The second-order valence-corrected chi connectivity index (χ2v) is 3.78. The van der Waals surface area contributed by atoms with Gasteiger partial charge in [0.2, 0.25) is 5.91 Å². The van der Waals surface area contributed by atoms with Gasteiger partial charge in [0, 0.05) is 5.69 Å². The Morgan fingerprint density at radius 3 is 3.00 bits per heavy atom. The summed E-state index contributed by atoms with van der Waals surface area (Å²) in [5.74, 6) is -1.82. The zero-order valence-corrected chi connectivity index (χ0v) is 9.33. The summed E-state index contributed by atoms with van der Waals surface area (Å²) < 4.78 is 17.9. The van der Waals surface area contributed by atoms with Crippen molar-refractivity contribution in [2.75, 3.05) is 11.9 Å². The van der Waals surface area contributed by atoms with Crippen LogP contribution in [0.25, 0.3) is 0 Å². The van der Waals surface area contributed by atoms with Crippen LogP contribution in [0.1, 0.15) is 24.8 Å². The monoisotopic (exact) mass is 237 g/mol. The molecular formula is C12H12FNO3. The SMILES string of the molecule is CCOC(=O)CC1C(=O)Nc2ccc(F)cc21. The summed E-state index contributed by atoms with van der Waals surface area (Å²) in [7, 11) is 0. The third kappa shape index (κ3) is 2.27. The van der Waals surface area contributed by atoms with Crippen LogP contribution >= 0.6 is 0 Å². The second-order valence-electron chi connectivity index (χ2n) is 3.78. The standard InChI is InChI=1S/C12H12FNO3/c1-2-17-11(15)6-9-8-5-7(13)3-4-10(8)14-12(9)16/h3-5,9H,2,6H2,1H3,(H,14,16). The van der Waals surface area contributed by atoms with E-state index in [1.165, 1.54) is 18.2 Å². The Morgan fingerprint density at radius 1 is 1.53 bits per heavy atom. The van der Waals surface area contributed by atoms with Crippen LogP contribution in [-0.4, -0.2) is 18.5 Å². The Balaban J connectivity index is 2.22. The predicted octanol–water partition coefficient (Wildman–Crippen LogP) is 1.81. The van der Waals surface area contributed by atoms with Crippen LogP contribution in [0.3, 0.4) is 0 Å². The molecule has 1 unspecified atom stereocenters. The average molecular weight is 237 g/mol. The molecule has 1 aromatic rings. The highest BCUT2D eigenvalue weighted by Crippen LogP contribution is 2.35. The molecule has 0 bridgehead atoms. The molecule has 0 radical (unpaired) electrons. The number of amides is 1. The Hall–Kier alpha value is -1.91. The smallest absolute Gasteiger partial charge is 0.306 e. The number of benzene rings is 1. The number of hydrogen-bond donors (Lipinski definition) is 1. The van der Waals surface area contributed by atoms with E-state index in [9.17, 15) is 14.0 Å². The van der Waals surface area contributed by atoms with Crippen molar-refractivity contribution in [3.63, 3.8) is 0 Å². The van der Waals surface area contributed by atoms with Gasteiger partial charge in [-0.2, -0.15) is 0 Å². The zero-order valence-electron chi connectivity index (χ0n) is 9.33. The number of fused-ring (bicyclic) bond motifs is 1. The number of hydrogen-bond acceptors (Lipinski definition) is 3. The van der Waals surface area contributed by atoms with Crippen LogP contribution in [0.5, 0.6) is 0 Å². The number of ether oxygens (including phenoxy) is 1. The first-order chi connectivity index (χ1) is 8.11. The predicted molar refractivity (Wildman–Crippen MR) is 59.0 cm³/mol. The number of halogens is 1. The van der Waals surface area contributed by atoms with E-state index in [0.717, 1.165) is 0 Å². The number of rotatable bonds is 3. The van der Waals surface area contributed by atoms with Gasteiger partial charge in [0.05, 0.1) is 18.9 Å². The third-order valence-electron chi connectivity index (χ3n) is 2.64. The van der Waals surface area contributed by atoms with E-state index in [4.69, 9.17) is 4.74 Å². The van der Waals surface area contributed by atoms with Crippen LogP contribution in [0.15, 0.2) is 18.2 Å². The van der Waals surface area contributed by atoms with Crippen LogP contribution in [0.4, 0.5) is 10.1 Å². The van der Waals surface area contributed by atoms with Crippen molar-refractivity contribution in [3.8, 4) is 0 Å². The molecule has 1 aliphatic heterocycles. The summed E-state index contributed by atoms with van der Waals surface area (Å²) in [6, 6.07) is 4.04. The zero-order chi connectivity index (χ0) is 12.4. The quantitative estimate of drug-likeness (QED) is 0.816. The first-order valence-corrected chi connectivity index (χ1v) is 5.37. The van der Waals surface area contributed by atoms with Crippen molar-refractivity contribution in [2.24, 2.45) is 0 Å². The maximum absolute atomic E-state index is 13.1. The lowest BCUT2D eigenvalue weighted by Gasteiger charge is -2.07. The first kappa shape index (κ1) is 11.6. The molecule has 90 valence electrons. The van der Waals surface area contributed by atoms with Crippen molar-refractivity contribution >= 4 is 17.6 Å². The molecule has 17 heavy (non-hydrogen) atoms. The molecule has 2 rings (SSSR count). The fourth-order valence-electron chi connectivity index (χ4n) is 1.89. The number of carbonyl (C=O) groups is 2. The van der Waals surface area contributed by atoms with Gasteiger partial charge in [0.1, 0.15) is 5.82 Å². The first-order valence-electron chi connectivity index (χ1n) is 5.37. The van der Waals surface area contributed by atoms with Crippen molar-refractivity contribution in [3.05, 3.63) is 29.6 Å². The lowest BCUT2D eigenvalue weighted by atomic mass is 9.97. The van der Waals surface area contributed by atoms with Crippen molar-refractivity contribution in [2.45, 2.75) is 19.3 Å². The number of nitrogens with one attached hydrogen (secondary N) is 1. The molecule has 0 saturated carbocycles. The van der Waals surface area contributed by atoms with Gasteiger partial charge in [0.25, 0.3) is 0 Å². The van der Waals surface area contributed by atoms with Gasteiger partial charge in [-0.15, -0.1) is 0 Å². The molecule has 1 N–H and O–H groups in total. The maximum atomic E-state index is 13.1. The van der Waals surface area contributed by atoms with E-state index in [0.29, 0.717) is 11.3 Å². The Kier molecular flexibility index (Phi) is 3.08. The highest BCUT2D eigenvalue weighted by atomic mass is 19.1. The van der Waals surface area contributed by atoms with E-state index in [1.807, 2.05) is 0 Å². The van der Waals surface area contributed by atoms with Gasteiger partial charge < -0.3 is 10.1 Å². The summed E-state index contributed by atoms with van der Waals surface area (Å²) in [4.78, 5) is 23.0. The minimum atomic E-state index is -0.653. The molecule has 1 heterocycles. The van der Waals surface area contributed by atoms with Gasteiger partial charge in [-0.05, 0) is 30.7 Å². The average Bonchev–Trinajstić information content (AvgIpc) is 2.56. The van der Waals surface area contributed by atoms with Gasteiger partial charge in [-0.25, -0.2) is 4.39 Å². The minimum absolute atomic E-state index is 0.0594. The number of carbonyl (C=O) groups excluding carboxylic acids is 2. The second kappa shape index (κ2) is 4.53. The Bertz CT molecular complexity index is 473. The summed E-state index contributed by atoms with van der Waals surface area (Å²) in [6.07, 6.45) is -0.0594. The van der Waals surface area contributed by atoms with Gasteiger partial charge in [-0.3, -0.25) is 9.59 Å². The maximum Gasteiger partial charge on any atom is 0.306 e. The fourth-order valence-corrected chi connectivity index (χ4v) is 1.89. The largest absolute Gasteiger partial charge is 0.466 e. The van der Waals surface area contributed by atoms with Gasteiger partial charge >= 0.3 is 5.97 Å². The van der Waals surface area contributed by atoms with Gasteiger partial charge in [0.15, 0.2) is 0 Å². The van der Waals surface area contributed by atoms with Crippen LogP contribution in [-0.2, 0) is 14.3 Å². The molecule has 0 fully saturated rings. The summed E-state index contributed by atoms with van der Waals surface area (Å²) >= 11 is 0. The lowest BCUT2D eigenvalue weighted by Crippen LogP contribution is -2.17. The number of esters is 1. The topological polar surface area (TPSA) is 55.4 Å². The molecule has 4 nitrogen and oxygen atoms in total. The van der Waals surface area contributed by atoms with E-state index >= 15 is 0 Å². The number of anilines is 1. The summed E-state index contributed by atoms with van der Waals surface area (Å²) in [6.45, 7) is 1.96. The molecule has 0 saturated heterocycles. The van der Waals surface area contributed by atoms with Crippen molar-refractivity contribution in [1.82, 2.24) is 0 Å². The highest BCUT2D eigenvalue weighted by Gasteiger charge is 2.32. The molecule has 1 aliphatic rings. The minimum Gasteiger partial charge on any atom is -0.466 e. The van der Waals surface area contributed by atoms with Crippen LogP contribution in [0, 0.1) is 5.82 Å². The lowest BCUT2D eigenvalue weighted by molar-refractivity contribution is -0.144. The normalized spacial score (nSPS) is 17.5. The van der Waals surface area contributed by atoms with Crippen LogP contribution < -0.4 is 5.32 Å². The van der Waals surface area contributed by atoms with E-state index in [1.54, 1.807) is 6.92 Å². The molecule has 5 heteroatoms. The fraction of sp³-hybridized carbons (Fsp3) is 0.333. The van der Waals surface area contributed by atoms with E-state index in [2.05, 4.69) is 5.32 Å². The molecule has 0 aromatic heterocycles. The molecule has 1 atom stereocenters. The van der Waals surface area contributed by atoms with Crippen molar-refractivity contribution < 1.29 is 18.7 Å². The highest BCUT2D eigenvalue weighted by molar-refractivity contribution is 6.04. The molecule has 0 spiro atoms. The van der Waals surface area contributed by atoms with E-state index < -0.39 is 17.7 Å². The van der Waals surface area contributed by atoms with Crippen LogP contribution in [0.2, 0.25) is 0 Å². The third-order valence-corrected chi connectivity index (χ3v) is 2.64.